The van der Waals surface area contributed by atoms with Crippen LogP contribution in [0.15, 0.2) is 12.4 Å². The lowest BCUT2D eigenvalue weighted by Crippen LogP contribution is -2.37. The van der Waals surface area contributed by atoms with Crippen LogP contribution in [0.5, 0.6) is 0 Å². The fourth-order valence-corrected chi connectivity index (χ4v) is 2.21. The highest BCUT2D eigenvalue weighted by atomic mass is 16.5. The number of aliphatic carboxylic acids is 1. The maximum atomic E-state index is 11.1. The third kappa shape index (κ3) is 4.64. The number of ether oxygens (including phenoxy) is 1. The number of nitrogens with zero attached hydrogens (tertiary/aromatic N) is 3. The number of hydrogen-bond donors (Lipinski definition) is 2. The van der Waals surface area contributed by atoms with E-state index < -0.39 is 12.0 Å². The summed E-state index contributed by atoms with van der Waals surface area (Å²) in [5.41, 5.74) is 0.884. The Hall–Kier alpha value is -1.73. The van der Waals surface area contributed by atoms with Gasteiger partial charge in [-0.05, 0) is 6.42 Å². The molecule has 1 aromatic heterocycles. The van der Waals surface area contributed by atoms with E-state index in [1.54, 1.807) is 12.4 Å². The van der Waals surface area contributed by atoms with E-state index in [9.17, 15) is 4.79 Å². The third-order valence-electron chi connectivity index (χ3n) is 3.41. The Morgan fingerprint density at radius 3 is 2.67 bits per heavy atom. The molecular formula is C14H22N4O3. The number of carboxylic acid groups (broad SMARTS) is 1. The van der Waals surface area contributed by atoms with E-state index in [0.717, 1.165) is 25.1 Å². The minimum absolute atomic E-state index is 0.459. The molecule has 1 aromatic rings. The smallest absolute Gasteiger partial charge is 0.320 e. The summed E-state index contributed by atoms with van der Waals surface area (Å²) in [4.78, 5) is 21.8. The van der Waals surface area contributed by atoms with Crippen LogP contribution in [0.2, 0.25) is 0 Å². The first-order valence-electron chi connectivity index (χ1n) is 7.30. The van der Waals surface area contributed by atoms with Crippen molar-refractivity contribution in [2.75, 3.05) is 31.2 Å². The van der Waals surface area contributed by atoms with E-state index in [-0.39, 0.29) is 0 Å². The summed E-state index contributed by atoms with van der Waals surface area (Å²) in [6.45, 7) is 5.43. The Morgan fingerprint density at radius 2 is 2.10 bits per heavy atom. The predicted molar refractivity (Wildman–Crippen MR) is 78.2 cm³/mol. The third-order valence-corrected chi connectivity index (χ3v) is 3.41. The first kappa shape index (κ1) is 15.7. The Labute approximate surface area is 124 Å². The summed E-state index contributed by atoms with van der Waals surface area (Å²) in [5, 5.41) is 12.1. The second-order valence-corrected chi connectivity index (χ2v) is 5.05. The van der Waals surface area contributed by atoms with Crippen molar-refractivity contribution in [1.29, 1.82) is 0 Å². The van der Waals surface area contributed by atoms with Gasteiger partial charge in [-0.2, -0.15) is 0 Å². The SMILES string of the molecule is CCCC(NCc1cnc(N2CCOCC2)nc1)C(=O)O. The van der Waals surface area contributed by atoms with Crippen molar-refractivity contribution in [3.05, 3.63) is 18.0 Å². The molecule has 0 saturated carbocycles. The Balaban J connectivity index is 1.88. The standard InChI is InChI=1S/C14H22N4O3/c1-2-3-12(13(19)20)15-8-11-9-16-14(17-10-11)18-4-6-21-7-5-18/h9-10,12,15H,2-8H2,1H3,(H,19,20). The summed E-state index contributed by atoms with van der Waals surface area (Å²) < 4.78 is 5.29. The number of carboxylic acids is 1. The molecule has 1 saturated heterocycles. The van der Waals surface area contributed by atoms with Crippen molar-refractivity contribution in [1.82, 2.24) is 15.3 Å². The first-order valence-corrected chi connectivity index (χ1v) is 7.30. The molecule has 0 aromatic carbocycles. The van der Waals surface area contributed by atoms with Gasteiger partial charge >= 0.3 is 5.97 Å². The van der Waals surface area contributed by atoms with Crippen LogP contribution in [0.3, 0.4) is 0 Å². The number of morpholine rings is 1. The molecule has 1 aliphatic rings. The van der Waals surface area contributed by atoms with Gasteiger partial charge in [-0.1, -0.05) is 13.3 Å². The Kier molecular flexibility index (Phi) is 5.89. The zero-order valence-corrected chi connectivity index (χ0v) is 12.3. The van der Waals surface area contributed by atoms with Gasteiger partial charge in [0.05, 0.1) is 13.2 Å². The lowest BCUT2D eigenvalue weighted by Gasteiger charge is -2.26. The van der Waals surface area contributed by atoms with Gasteiger partial charge in [-0.3, -0.25) is 4.79 Å². The predicted octanol–water partition coefficient (Wildman–Crippen LogP) is 0.656. The second-order valence-electron chi connectivity index (χ2n) is 5.05. The van der Waals surface area contributed by atoms with Crippen LogP contribution >= 0.6 is 0 Å². The molecule has 2 rings (SSSR count). The van der Waals surface area contributed by atoms with E-state index in [2.05, 4.69) is 20.2 Å². The van der Waals surface area contributed by atoms with E-state index in [1.165, 1.54) is 0 Å². The zero-order chi connectivity index (χ0) is 15.1. The highest BCUT2D eigenvalue weighted by Crippen LogP contribution is 2.09. The minimum Gasteiger partial charge on any atom is -0.480 e. The minimum atomic E-state index is -0.817. The molecule has 7 heteroatoms. The fourth-order valence-electron chi connectivity index (χ4n) is 2.21. The van der Waals surface area contributed by atoms with Crippen LogP contribution < -0.4 is 10.2 Å². The van der Waals surface area contributed by atoms with Gasteiger partial charge < -0.3 is 20.1 Å². The average Bonchev–Trinajstić information content (AvgIpc) is 2.52. The van der Waals surface area contributed by atoms with E-state index >= 15 is 0 Å². The van der Waals surface area contributed by atoms with Gasteiger partial charge in [0.2, 0.25) is 5.95 Å². The summed E-state index contributed by atoms with van der Waals surface area (Å²) in [6.07, 6.45) is 4.93. The maximum Gasteiger partial charge on any atom is 0.320 e. The molecule has 7 nitrogen and oxygen atoms in total. The molecule has 0 aliphatic carbocycles. The van der Waals surface area contributed by atoms with Crippen molar-refractivity contribution in [3.63, 3.8) is 0 Å². The second kappa shape index (κ2) is 7.90. The van der Waals surface area contributed by atoms with E-state index in [0.29, 0.717) is 32.1 Å². The average molecular weight is 294 g/mol. The summed E-state index contributed by atoms with van der Waals surface area (Å²) in [6, 6.07) is -0.520. The molecule has 0 spiro atoms. The van der Waals surface area contributed by atoms with Gasteiger partial charge in [0.1, 0.15) is 6.04 Å². The summed E-state index contributed by atoms with van der Waals surface area (Å²) >= 11 is 0. The molecule has 2 heterocycles. The van der Waals surface area contributed by atoms with Gasteiger partial charge in [0, 0.05) is 37.6 Å². The van der Waals surface area contributed by atoms with Crippen molar-refractivity contribution in [2.24, 2.45) is 0 Å². The quantitative estimate of drug-likeness (QED) is 0.763. The fraction of sp³-hybridized carbons (Fsp3) is 0.643. The molecule has 21 heavy (non-hydrogen) atoms. The normalized spacial score (nSPS) is 16.7. The van der Waals surface area contributed by atoms with E-state index in [1.807, 2.05) is 6.92 Å². The molecule has 0 amide bonds. The number of rotatable bonds is 7. The van der Waals surface area contributed by atoms with Crippen molar-refractivity contribution < 1.29 is 14.6 Å². The molecule has 2 N–H and O–H groups in total. The number of nitrogens with one attached hydrogen (secondary N) is 1. The van der Waals surface area contributed by atoms with Crippen LogP contribution in [0.4, 0.5) is 5.95 Å². The molecular weight excluding hydrogens is 272 g/mol. The number of aromatic nitrogens is 2. The summed E-state index contributed by atoms with van der Waals surface area (Å²) in [5.74, 6) is -0.118. The Bertz CT molecular complexity index is 446. The largest absolute Gasteiger partial charge is 0.480 e. The molecule has 0 radical (unpaired) electrons. The lowest BCUT2D eigenvalue weighted by molar-refractivity contribution is -0.139. The molecule has 1 unspecified atom stereocenters. The van der Waals surface area contributed by atoms with Crippen LogP contribution in [0.1, 0.15) is 25.3 Å². The van der Waals surface area contributed by atoms with Crippen LogP contribution in [0, 0.1) is 0 Å². The maximum absolute atomic E-state index is 11.1. The van der Waals surface area contributed by atoms with Crippen molar-refractivity contribution >= 4 is 11.9 Å². The number of carbonyl (C=O) groups is 1. The van der Waals surface area contributed by atoms with Crippen LogP contribution in [-0.4, -0.2) is 53.4 Å². The highest BCUT2D eigenvalue weighted by molar-refractivity contribution is 5.73. The van der Waals surface area contributed by atoms with Gasteiger partial charge in [-0.25, -0.2) is 9.97 Å². The van der Waals surface area contributed by atoms with E-state index in [4.69, 9.17) is 9.84 Å². The van der Waals surface area contributed by atoms with Crippen molar-refractivity contribution in [3.8, 4) is 0 Å². The van der Waals surface area contributed by atoms with Gasteiger partial charge in [0.25, 0.3) is 0 Å². The monoisotopic (exact) mass is 294 g/mol. The van der Waals surface area contributed by atoms with Crippen LogP contribution in [-0.2, 0) is 16.1 Å². The van der Waals surface area contributed by atoms with Crippen LogP contribution in [0.25, 0.3) is 0 Å². The van der Waals surface area contributed by atoms with Gasteiger partial charge in [0.15, 0.2) is 0 Å². The number of anilines is 1. The highest BCUT2D eigenvalue weighted by Gasteiger charge is 2.16. The molecule has 1 fully saturated rings. The zero-order valence-electron chi connectivity index (χ0n) is 12.3. The van der Waals surface area contributed by atoms with Gasteiger partial charge in [-0.15, -0.1) is 0 Å². The first-order chi connectivity index (χ1) is 10.2. The Morgan fingerprint density at radius 1 is 1.43 bits per heavy atom. The molecule has 1 atom stereocenters. The summed E-state index contributed by atoms with van der Waals surface area (Å²) in [7, 11) is 0. The molecule has 0 bridgehead atoms. The number of hydrogen-bond acceptors (Lipinski definition) is 6. The van der Waals surface area contributed by atoms with Crippen molar-refractivity contribution in [2.45, 2.75) is 32.4 Å². The lowest BCUT2D eigenvalue weighted by atomic mass is 10.1. The topological polar surface area (TPSA) is 87.6 Å². The molecule has 1 aliphatic heterocycles. The molecule has 116 valence electrons.